The van der Waals surface area contributed by atoms with E-state index < -0.39 is 0 Å². The average Bonchev–Trinajstić information content (AvgIpc) is 2.50. The number of rotatable bonds is 8. The highest BCUT2D eigenvalue weighted by Gasteiger charge is 2.04. The van der Waals surface area contributed by atoms with Crippen LogP contribution in [0, 0.1) is 0 Å². The summed E-state index contributed by atoms with van der Waals surface area (Å²) in [7, 11) is 0. The first-order valence-corrected chi connectivity index (χ1v) is 7.71. The molecule has 0 aliphatic rings. The molecule has 2 aromatic carbocycles. The normalized spacial score (nSPS) is 10.4. The van der Waals surface area contributed by atoms with Crippen molar-refractivity contribution in [3.63, 3.8) is 0 Å². The Morgan fingerprint density at radius 2 is 1.45 bits per heavy atom. The van der Waals surface area contributed by atoms with Crippen LogP contribution in [0.3, 0.4) is 0 Å². The fraction of sp³-hybridized carbons (Fsp3) is 0.368. The van der Waals surface area contributed by atoms with Crippen LogP contribution in [0.5, 0.6) is 11.5 Å². The van der Waals surface area contributed by atoms with E-state index in [4.69, 9.17) is 4.74 Å². The standard InChI is InChI=1S/C19H24O/c1-2-3-4-5-7-12-17-13-10-11-16-19(17)20-18-14-8-6-9-15-18/h6,8-11,13-16H,2-5,7,12H2,1H3. The summed E-state index contributed by atoms with van der Waals surface area (Å²) in [5.74, 6) is 1.90. The molecule has 2 rings (SSSR count). The highest BCUT2D eigenvalue weighted by molar-refractivity contribution is 5.37. The molecule has 0 aromatic heterocycles. The number of unbranched alkanes of at least 4 members (excludes halogenated alkanes) is 4. The SMILES string of the molecule is CCCCCCCc1ccccc1Oc1ccccc1. The first-order chi connectivity index (χ1) is 9.90. The molecule has 2 aromatic rings. The highest BCUT2D eigenvalue weighted by atomic mass is 16.5. The van der Waals surface area contributed by atoms with E-state index in [1.807, 2.05) is 36.4 Å². The summed E-state index contributed by atoms with van der Waals surface area (Å²) in [6.45, 7) is 2.25. The van der Waals surface area contributed by atoms with Gasteiger partial charge in [0.05, 0.1) is 0 Å². The third-order valence-corrected chi connectivity index (χ3v) is 3.49. The first-order valence-electron chi connectivity index (χ1n) is 7.71. The number of benzene rings is 2. The fourth-order valence-corrected chi connectivity index (χ4v) is 2.34. The molecule has 0 saturated carbocycles. The van der Waals surface area contributed by atoms with Crippen LogP contribution < -0.4 is 4.74 Å². The molecule has 0 fully saturated rings. The molecule has 0 aliphatic heterocycles. The second-order valence-corrected chi connectivity index (χ2v) is 5.19. The van der Waals surface area contributed by atoms with E-state index in [2.05, 4.69) is 25.1 Å². The summed E-state index contributed by atoms with van der Waals surface area (Å²) in [4.78, 5) is 0. The van der Waals surface area contributed by atoms with E-state index in [1.165, 1.54) is 37.7 Å². The molecule has 1 nitrogen and oxygen atoms in total. The molecule has 0 amide bonds. The van der Waals surface area contributed by atoms with Gasteiger partial charge in [0.25, 0.3) is 0 Å². The van der Waals surface area contributed by atoms with Crippen molar-refractivity contribution in [2.75, 3.05) is 0 Å². The highest BCUT2D eigenvalue weighted by Crippen LogP contribution is 2.26. The lowest BCUT2D eigenvalue weighted by atomic mass is 10.0. The third-order valence-electron chi connectivity index (χ3n) is 3.49. The molecular formula is C19H24O. The van der Waals surface area contributed by atoms with Crippen molar-refractivity contribution in [2.45, 2.75) is 45.4 Å². The molecule has 0 unspecified atom stereocenters. The molecule has 0 spiro atoms. The smallest absolute Gasteiger partial charge is 0.130 e. The second kappa shape index (κ2) is 8.42. The van der Waals surface area contributed by atoms with Gasteiger partial charge in [0, 0.05) is 0 Å². The molecule has 1 heteroatoms. The van der Waals surface area contributed by atoms with Crippen molar-refractivity contribution in [3.8, 4) is 11.5 Å². The van der Waals surface area contributed by atoms with Gasteiger partial charge in [-0.3, -0.25) is 0 Å². The average molecular weight is 268 g/mol. The van der Waals surface area contributed by atoms with Crippen molar-refractivity contribution in [1.82, 2.24) is 0 Å². The van der Waals surface area contributed by atoms with E-state index in [9.17, 15) is 0 Å². The van der Waals surface area contributed by atoms with Crippen molar-refractivity contribution in [2.24, 2.45) is 0 Å². The molecule has 0 heterocycles. The molecule has 0 N–H and O–H groups in total. The Morgan fingerprint density at radius 1 is 0.750 bits per heavy atom. The monoisotopic (exact) mass is 268 g/mol. The van der Waals surface area contributed by atoms with Gasteiger partial charge < -0.3 is 4.74 Å². The van der Waals surface area contributed by atoms with Gasteiger partial charge in [-0.1, -0.05) is 69.0 Å². The van der Waals surface area contributed by atoms with Gasteiger partial charge in [-0.2, -0.15) is 0 Å². The van der Waals surface area contributed by atoms with Crippen LogP contribution in [0.15, 0.2) is 54.6 Å². The summed E-state index contributed by atoms with van der Waals surface area (Å²) >= 11 is 0. The molecule has 0 radical (unpaired) electrons. The number of ether oxygens (including phenoxy) is 1. The minimum atomic E-state index is 0.908. The maximum absolute atomic E-state index is 5.99. The lowest BCUT2D eigenvalue weighted by Gasteiger charge is -2.11. The van der Waals surface area contributed by atoms with E-state index in [0.29, 0.717) is 0 Å². The molecule has 0 atom stereocenters. The Morgan fingerprint density at radius 3 is 2.25 bits per heavy atom. The predicted octanol–water partition coefficient (Wildman–Crippen LogP) is 5.99. The van der Waals surface area contributed by atoms with Crippen LogP contribution in [0.4, 0.5) is 0 Å². The zero-order chi connectivity index (χ0) is 14.0. The van der Waals surface area contributed by atoms with Gasteiger partial charge in [0.1, 0.15) is 11.5 Å². The van der Waals surface area contributed by atoms with Crippen molar-refractivity contribution in [3.05, 3.63) is 60.2 Å². The summed E-state index contributed by atoms with van der Waals surface area (Å²) in [5, 5.41) is 0. The Hall–Kier alpha value is -1.76. The van der Waals surface area contributed by atoms with Crippen LogP contribution in [0.2, 0.25) is 0 Å². The molecule has 0 bridgehead atoms. The van der Waals surface area contributed by atoms with Gasteiger partial charge in [0.15, 0.2) is 0 Å². The lowest BCUT2D eigenvalue weighted by Crippen LogP contribution is -1.92. The van der Waals surface area contributed by atoms with Crippen LogP contribution in [0.1, 0.15) is 44.6 Å². The van der Waals surface area contributed by atoms with Gasteiger partial charge in [0.2, 0.25) is 0 Å². The Bertz CT molecular complexity index is 490. The van der Waals surface area contributed by atoms with Gasteiger partial charge in [-0.25, -0.2) is 0 Å². The van der Waals surface area contributed by atoms with E-state index in [1.54, 1.807) is 0 Å². The number of hydrogen-bond acceptors (Lipinski definition) is 1. The summed E-state index contributed by atoms with van der Waals surface area (Å²) in [6, 6.07) is 18.4. The largest absolute Gasteiger partial charge is 0.457 e. The Kier molecular flexibility index (Phi) is 6.16. The van der Waals surface area contributed by atoms with E-state index in [0.717, 1.165) is 17.9 Å². The third kappa shape index (κ3) is 4.73. The quantitative estimate of drug-likeness (QED) is 0.534. The minimum Gasteiger partial charge on any atom is -0.457 e. The van der Waals surface area contributed by atoms with E-state index >= 15 is 0 Å². The van der Waals surface area contributed by atoms with Crippen molar-refractivity contribution >= 4 is 0 Å². The molecule has 106 valence electrons. The van der Waals surface area contributed by atoms with Crippen molar-refractivity contribution in [1.29, 1.82) is 0 Å². The zero-order valence-electron chi connectivity index (χ0n) is 12.3. The number of aryl methyl sites for hydroxylation is 1. The van der Waals surface area contributed by atoms with Crippen molar-refractivity contribution < 1.29 is 4.74 Å². The number of hydrogen-bond donors (Lipinski definition) is 0. The maximum Gasteiger partial charge on any atom is 0.130 e. The first kappa shape index (κ1) is 14.6. The Labute approximate surface area is 122 Å². The summed E-state index contributed by atoms with van der Waals surface area (Å²) in [5.41, 5.74) is 1.31. The van der Waals surface area contributed by atoms with Crippen LogP contribution in [-0.4, -0.2) is 0 Å². The molecule has 20 heavy (non-hydrogen) atoms. The summed E-state index contributed by atoms with van der Waals surface area (Å²) in [6.07, 6.45) is 7.66. The van der Waals surface area contributed by atoms with Crippen LogP contribution in [-0.2, 0) is 6.42 Å². The molecule has 0 saturated heterocycles. The van der Waals surface area contributed by atoms with Gasteiger partial charge in [-0.05, 0) is 36.6 Å². The summed E-state index contributed by atoms with van der Waals surface area (Å²) < 4.78 is 5.99. The van der Waals surface area contributed by atoms with Gasteiger partial charge >= 0.3 is 0 Å². The molecule has 0 aliphatic carbocycles. The topological polar surface area (TPSA) is 9.23 Å². The predicted molar refractivity (Wildman–Crippen MR) is 85.4 cm³/mol. The second-order valence-electron chi connectivity index (χ2n) is 5.19. The van der Waals surface area contributed by atoms with Gasteiger partial charge in [-0.15, -0.1) is 0 Å². The number of para-hydroxylation sites is 2. The lowest BCUT2D eigenvalue weighted by molar-refractivity contribution is 0.474. The fourth-order valence-electron chi connectivity index (χ4n) is 2.34. The molecular weight excluding hydrogens is 244 g/mol. The minimum absolute atomic E-state index is 0.908. The van der Waals surface area contributed by atoms with E-state index in [-0.39, 0.29) is 0 Å². The Balaban J connectivity index is 1.92. The maximum atomic E-state index is 5.99. The van der Waals surface area contributed by atoms with Crippen LogP contribution >= 0.6 is 0 Å². The van der Waals surface area contributed by atoms with Crippen LogP contribution in [0.25, 0.3) is 0 Å². The zero-order valence-corrected chi connectivity index (χ0v) is 12.3.